The molecule has 0 saturated heterocycles. The van der Waals surface area contributed by atoms with E-state index in [9.17, 15) is 0 Å². The van der Waals surface area contributed by atoms with Gasteiger partial charge in [0.25, 0.3) is 5.89 Å². The Kier molecular flexibility index (Phi) is 2.52. The lowest BCUT2D eigenvalue weighted by Gasteiger charge is -1.87. The van der Waals surface area contributed by atoms with Gasteiger partial charge in [0.1, 0.15) is 0 Å². The summed E-state index contributed by atoms with van der Waals surface area (Å²) in [6.45, 7) is 1.94. The molecule has 0 unspecified atom stereocenters. The third kappa shape index (κ3) is 1.95. The molecule has 0 aliphatic heterocycles. The zero-order valence-corrected chi connectivity index (χ0v) is 10.1. The van der Waals surface area contributed by atoms with E-state index < -0.39 is 0 Å². The highest BCUT2D eigenvalue weighted by molar-refractivity contribution is 7.09. The number of hydrogen-bond donors (Lipinski definition) is 1. The minimum atomic E-state index is 0.120. The predicted molar refractivity (Wildman–Crippen MR) is 61.7 cm³/mol. The highest BCUT2D eigenvalue weighted by Crippen LogP contribution is 2.20. The second-order valence-electron chi connectivity index (χ2n) is 3.55. The SMILES string of the molecule is Cc1nc(Cc2noc(-c3nonc3N)n2)cs1. The summed E-state index contributed by atoms with van der Waals surface area (Å²) in [5, 5.41) is 13.8. The minimum Gasteiger partial charge on any atom is -0.379 e. The number of nitrogens with zero attached hydrogens (tertiary/aromatic N) is 5. The van der Waals surface area contributed by atoms with E-state index in [-0.39, 0.29) is 17.4 Å². The highest BCUT2D eigenvalue weighted by Gasteiger charge is 2.17. The van der Waals surface area contributed by atoms with Crippen LogP contribution in [0.2, 0.25) is 0 Å². The zero-order valence-electron chi connectivity index (χ0n) is 9.32. The third-order valence-corrected chi connectivity index (χ3v) is 3.01. The molecule has 18 heavy (non-hydrogen) atoms. The molecule has 0 aliphatic carbocycles. The first-order valence-electron chi connectivity index (χ1n) is 5.04. The van der Waals surface area contributed by atoms with Crippen LogP contribution in [-0.2, 0) is 6.42 Å². The molecule has 0 saturated carbocycles. The molecule has 3 heterocycles. The molecule has 0 atom stereocenters. The maximum absolute atomic E-state index is 5.53. The molecule has 0 radical (unpaired) electrons. The van der Waals surface area contributed by atoms with E-state index >= 15 is 0 Å². The molecule has 0 aliphatic rings. The average Bonchev–Trinajstić information content (AvgIpc) is 3.02. The summed E-state index contributed by atoms with van der Waals surface area (Å²) >= 11 is 1.58. The fourth-order valence-electron chi connectivity index (χ4n) is 1.42. The Balaban J connectivity index is 1.84. The molecule has 0 bridgehead atoms. The monoisotopic (exact) mass is 264 g/mol. The summed E-state index contributed by atoms with van der Waals surface area (Å²) in [4.78, 5) is 8.48. The van der Waals surface area contributed by atoms with Crippen molar-refractivity contribution in [2.24, 2.45) is 0 Å². The van der Waals surface area contributed by atoms with Crippen molar-refractivity contribution in [3.05, 3.63) is 21.9 Å². The second kappa shape index (κ2) is 4.18. The summed E-state index contributed by atoms with van der Waals surface area (Å²) in [6.07, 6.45) is 0.499. The van der Waals surface area contributed by atoms with Crippen LogP contribution in [-0.4, -0.2) is 25.4 Å². The van der Waals surface area contributed by atoms with Crippen molar-refractivity contribution >= 4 is 17.2 Å². The Morgan fingerprint density at radius 3 is 2.83 bits per heavy atom. The van der Waals surface area contributed by atoms with Crippen LogP contribution >= 0.6 is 11.3 Å². The number of nitrogens with two attached hydrogens (primary N) is 1. The molecular formula is C9H8N6O2S. The van der Waals surface area contributed by atoms with E-state index in [1.54, 1.807) is 11.3 Å². The number of aromatic nitrogens is 5. The van der Waals surface area contributed by atoms with Gasteiger partial charge < -0.3 is 10.3 Å². The smallest absolute Gasteiger partial charge is 0.284 e. The maximum atomic E-state index is 5.53. The molecule has 0 aromatic carbocycles. The van der Waals surface area contributed by atoms with Crippen LogP contribution in [0.25, 0.3) is 11.6 Å². The van der Waals surface area contributed by atoms with Crippen LogP contribution in [0.4, 0.5) is 5.82 Å². The van der Waals surface area contributed by atoms with Gasteiger partial charge in [-0.3, -0.25) is 0 Å². The molecule has 0 spiro atoms. The number of aryl methyl sites for hydroxylation is 1. The fraction of sp³-hybridized carbons (Fsp3) is 0.222. The Morgan fingerprint density at radius 2 is 2.17 bits per heavy atom. The van der Waals surface area contributed by atoms with Gasteiger partial charge in [-0.25, -0.2) is 9.61 Å². The number of thiazole rings is 1. The van der Waals surface area contributed by atoms with Gasteiger partial charge in [-0.2, -0.15) is 4.98 Å². The lowest BCUT2D eigenvalue weighted by Crippen LogP contribution is -1.92. The maximum Gasteiger partial charge on any atom is 0.284 e. The Hall–Kier alpha value is -2.29. The van der Waals surface area contributed by atoms with Crippen molar-refractivity contribution in [2.75, 3.05) is 5.73 Å². The average molecular weight is 264 g/mol. The van der Waals surface area contributed by atoms with Gasteiger partial charge in [-0.1, -0.05) is 5.16 Å². The molecule has 8 nitrogen and oxygen atoms in total. The fourth-order valence-corrected chi connectivity index (χ4v) is 2.03. The van der Waals surface area contributed by atoms with Crippen LogP contribution < -0.4 is 5.73 Å². The van der Waals surface area contributed by atoms with E-state index in [0.717, 1.165) is 10.7 Å². The number of nitrogen functional groups attached to an aromatic ring is 1. The first-order valence-corrected chi connectivity index (χ1v) is 5.92. The predicted octanol–water partition coefficient (Wildman–Crippen LogP) is 1.06. The van der Waals surface area contributed by atoms with Crippen LogP contribution in [0, 0.1) is 6.92 Å². The van der Waals surface area contributed by atoms with Gasteiger partial charge in [-0.05, 0) is 17.2 Å². The van der Waals surface area contributed by atoms with Gasteiger partial charge in [-0.15, -0.1) is 11.3 Å². The van der Waals surface area contributed by atoms with Crippen molar-refractivity contribution in [2.45, 2.75) is 13.3 Å². The van der Waals surface area contributed by atoms with Crippen LogP contribution in [0.3, 0.4) is 0 Å². The Bertz CT molecular complexity index is 672. The molecule has 9 heteroatoms. The summed E-state index contributed by atoms with van der Waals surface area (Å²) in [6, 6.07) is 0. The standard InChI is InChI=1S/C9H8N6O2S/c1-4-11-5(3-18-4)2-6-12-9(16-13-6)7-8(10)15-17-14-7/h3H,2H2,1H3,(H2,10,15). The first kappa shape index (κ1) is 10.8. The minimum absolute atomic E-state index is 0.120. The Labute approximate surface area is 105 Å². The number of hydrogen-bond acceptors (Lipinski definition) is 9. The normalized spacial score (nSPS) is 10.9. The third-order valence-electron chi connectivity index (χ3n) is 2.19. The van der Waals surface area contributed by atoms with Gasteiger partial charge in [0.15, 0.2) is 5.82 Å². The highest BCUT2D eigenvalue weighted by atomic mass is 32.1. The molecule has 3 rings (SSSR count). The summed E-state index contributed by atoms with van der Waals surface area (Å²) in [5.74, 6) is 0.822. The first-order chi connectivity index (χ1) is 8.72. The molecule has 92 valence electrons. The molecule has 0 fully saturated rings. The molecule has 3 aromatic heterocycles. The van der Waals surface area contributed by atoms with E-state index in [0.29, 0.717) is 12.2 Å². The number of rotatable bonds is 3. The van der Waals surface area contributed by atoms with Crippen molar-refractivity contribution < 1.29 is 9.15 Å². The molecule has 3 aromatic rings. The Morgan fingerprint density at radius 1 is 1.28 bits per heavy atom. The van der Waals surface area contributed by atoms with Crippen molar-refractivity contribution in [3.8, 4) is 11.6 Å². The van der Waals surface area contributed by atoms with Gasteiger partial charge in [0.2, 0.25) is 11.5 Å². The number of anilines is 1. The van der Waals surface area contributed by atoms with E-state index in [2.05, 4.69) is 30.1 Å². The zero-order chi connectivity index (χ0) is 12.5. The van der Waals surface area contributed by atoms with Crippen LogP contribution in [0.5, 0.6) is 0 Å². The van der Waals surface area contributed by atoms with Crippen LogP contribution in [0.1, 0.15) is 16.5 Å². The van der Waals surface area contributed by atoms with Gasteiger partial charge >= 0.3 is 0 Å². The topological polar surface area (TPSA) is 117 Å². The van der Waals surface area contributed by atoms with E-state index in [1.807, 2.05) is 12.3 Å². The van der Waals surface area contributed by atoms with Crippen LogP contribution in [0.15, 0.2) is 14.5 Å². The summed E-state index contributed by atoms with van der Waals surface area (Å²) in [5.41, 5.74) is 6.68. The van der Waals surface area contributed by atoms with E-state index in [4.69, 9.17) is 10.3 Å². The molecule has 0 amide bonds. The lowest BCUT2D eigenvalue weighted by molar-refractivity contribution is 0.308. The van der Waals surface area contributed by atoms with Crippen molar-refractivity contribution in [1.82, 2.24) is 25.4 Å². The van der Waals surface area contributed by atoms with Gasteiger partial charge in [0, 0.05) is 5.38 Å². The molecular weight excluding hydrogens is 256 g/mol. The van der Waals surface area contributed by atoms with E-state index in [1.165, 1.54) is 0 Å². The second-order valence-corrected chi connectivity index (χ2v) is 4.61. The van der Waals surface area contributed by atoms with Gasteiger partial charge in [0.05, 0.1) is 17.1 Å². The molecule has 2 N–H and O–H groups in total. The largest absolute Gasteiger partial charge is 0.379 e. The summed E-state index contributed by atoms with van der Waals surface area (Å²) < 4.78 is 9.51. The van der Waals surface area contributed by atoms with Crippen molar-refractivity contribution in [3.63, 3.8) is 0 Å². The van der Waals surface area contributed by atoms with Crippen molar-refractivity contribution in [1.29, 1.82) is 0 Å². The quantitative estimate of drug-likeness (QED) is 0.746. The lowest BCUT2D eigenvalue weighted by atomic mass is 10.3. The summed E-state index contributed by atoms with van der Waals surface area (Å²) in [7, 11) is 0.